The molecule has 15 heavy (non-hydrogen) atoms. The first-order valence-corrected chi connectivity index (χ1v) is 4.39. The second-order valence-electron chi connectivity index (χ2n) is 3.14. The zero-order valence-corrected chi connectivity index (χ0v) is 7.72. The fourth-order valence-electron chi connectivity index (χ4n) is 1.50. The van der Waals surface area contributed by atoms with E-state index in [2.05, 4.69) is 4.98 Å². The zero-order valence-electron chi connectivity index (χ0n) is 7.72. The molecule has 1 atom stereocenters. The van der Waals surface area contributed by atoms with E-state index in [1.54, 1.807) is 24.4 Å². The maximum Gasteiger partial charge on any atom is 0.343 e. The number of nitrogens with zero attached hydrogens (tertiary/aromatic N) is 1. The Morgan fingerprint density at radius 2 is 2.20 bits per heavy atom. The van der Waals surface area contributed by atoms with Crippen LogP contribution in [-0.4, -0.2) is 16.1 Å². The summed E-state index contributed by atoms with van der Waals surface area (Å²) in [5, 5.41) is 9.92. The molecule has 2 rings (SSSR count). The Balaban J connectivity index is 2.65. The van der Waals surface area contributed by atoms with E-state index in [4.69, 9.17) is 5.11 Å². The normalized spacial score (nSPS) is 12.6. The Bertz CT molecular complexity index is 507. The average molecular weight is 205 g/mol. The number of carboxylic acid groups (broad SMARTS) is 1. The van der Waals surface area contributed by atoms with Crippen LogP contribution in [0.5, 0.6) is 0 Å². The minimum absolute atomic E-state index is 0.169. The first-order valence-electron chi connectivity index (χ1n) is 4.39. The molecule has 0 aliphatic heterocycles. The third kappa shape index (κ3) is 1.66. The fourth-order valence-corrected chi connectivity index (χ4v) is 1.50. The van der Waals surface area contributed by atoms with Gasteiger partial charge in [-0.2, -0.15) is 0 Å². The number of rotatable bonds is 2. The highest BCUT2D eigenvalue weighted by Crippen LogP contribution is 2.26. The van der Waals surface area contributed by atoms with Crippen molar-refractivity contribution in [3.63, 3.8) is 0 Å². The number of hydrogen-bond acceptors (Lipinski definition) is 2. The summed E-state index contributed by atoms with van der Waals surface area (Å²) in [6.07, 6.45) is 1.10. The van der Waals surface area contributed by atoms with Crippen molar-refractivity contribution in [2.75, 3.05) is 0 Å². The predicted octanol–water partition coefficient (Wildman–Crippen LogP) is 2.33. The zero-order chi connectivity index (χ0) is 10.8. The second-order valence-corrected chi connectivity index (χ2v) is 3.14. The Morgan fingerprint density at radius 1 is 1.40 bits per heavy atom. The molecule has 0 fully saturated rings. The van der Waals surface area contributed by atoms with Crippen molar-refractivity contribution in [3.8, 4) is 0 Å². The lowest BCUT2D eigenvalue weighted by Crippen LogP contribution is -2.06. The van der Waals surface area contributed by atoms with Crippen molar-refractivity contribution >= 4 is 16.7 Å². The number of fused-ring (bicyclic) bond motifs is 1. The molecule has 0 amide bonds. The Morgan fingerprint density at radius 3 is 2.93 bits per heavy atom. The van der Waals surface area contributed by atoms with Crippen LogP contribution in [0.4, 0.5) is 4.39 Å². The van der Waals surface area contributed by atoms with Gasteiger partial charge in [-0.1, -0.05) is 18.2 Å². The van der Waals surface area contributed by atoms with Crippen LogP contribution in [0.3, 0.4) is 0 Å². The van der Waals surface area contributed by atoms with Gasteiger partial charge in [0.1, 0.15) is 0 Å². The summed E-state index contributed by atoms with van der Waals surface area (Å²) in [6, 6.07) is 6.47. The maximum absolute atomic E-state index is 13.4. The van der Waals surface area contributed by atoms with Crippen molar-refractivity contribution in [2.45, 2.75) is 6.17 Å². The van der Waals surface area contributed by atoms with Crippen molar-refractivity contribution in [3.05, 3.63) is 42.2 Å². The first kappa shape index (κ1) is 9.58. The lowest BCUT2D eigenvalue weighted by atomic mass is 10.0. The highest BCUT2D eigenvalue weighted by atomic mass is 19.1. The van der Waals surface area contributed by atoms with Gasteiger partial charge in [0, 0.05) is 23.3 Å². The molecular weight excluding hydrogens is 197 g/mol. The number of hydrogen-bond donors (Lipinski definition) is 1. The van der Waals surface area contributed by atoms with Crippen molar-refractivity contribution in [2.24, 2.45) is 0 Å². The molecule has 0 aliphatic carbocycles. The van der Waals surface area contributed by atoms with Crippen LogP contribution in [0.1, 0.15) is 11.7 Å². The van der Waals surface area contributed by atoms with Gasteiger partial charge in [-0.15, -0.1) is 0 Å². The van der Waals surface area contributed by atoms with Crippen LogP contribution in [0.2, 0.25) is 0 Å². The minimum Gasteiger partial charge on any atom is -0.479 e. The Kier molecular flexibility index (Phi) is 2.33. The molecule has 0 saturated carbocycles. The molecule has 1 unspecified atom stereocenters. The quantitative estimate of drug-likeness (QED) is 0.818. The molecule has 0 spiro atoms. The number of pyridine rings is 1. The van der Waals surface area contributed by atoms with Gasteiger partial charge in [-0.3, -0.25) is 4.98 Å². The predicted molar refractivity (Wildman–Crippen MR) is 53.2 cm³/mol. The van der Waals surface area contributed by atoms with Crippen LogP contribution in [-0.2, 0) is 4.79 Å². The number of alkyl halides is 1. The van der Waals surface area contributed by atoms with Crippen LogP contribution in [0.15, 0.2) is 36.7 Å². The SMILES string of the molecule is O=C(O)C(F)c1cccc2cnccc12. The van der Waals surface area contributed by atoms with E-state index in [-0.39, 0.29) is 5.56 Å². The average Bonchev–Trinajstić information content (AvgIpc) is 2.27. The van der Waals surface area contributed by atoms with E-state index in [0.717, 1.165) is 5.39 Å². The molecule has 0 radical (unpaired) electrons. The summed E-state index contributed by atoms with van der Waals surface area (Å²) in [5.74, 6) is -1.47. The van der Waals surface area contributed by atoms with Crippen LogP contribution < -0.4 is 0 Å². The summed E-state index contributed by atoms with van der Waals surface area (Å²) in [6.45, 7) is 0. The molecule has 1 aromatic heterocycles. The molecule has 3 nitrogen and oxygen atoms in total. The summed E-state index contributed by atoms with van der Waals surface area (Å²) in [5.41, 5.74) is 0.169. The monoisotopic (exact) mass is 205 g/mol. The standard InChI is InChI=1S/C11H8FNO2/c12-10(11(14)15)9-3-1-2-7-6-13-5-4-8(7)9/h1-6,10H,(H,14,15). The number of carbonyl (C=O) groups is 1. The van der Waals surface area contributed by atoms with Gasteiger partial charge in [0.25, 0.3) is 0 Å². The second kappa shape index (κ2) is 3.65. The molecule has 1 aromatic carbocycles. The smallest absolute Gasteiger partial charge is 0.343 e. The van der Waals surface area contributed by atoms with Gasteiger partial charge in [-0.25, -0.2) is 9.18 Å². The summed E-state index contributed by atoms with van der Waals surface area (Å²) >= 11 is 0. The van der Waals surface area contributed by atoms with E-state index >= 15 is 0 Å². The van der Waals surface area contributed by atoms with Crippen LogP contribution in [0.25, 0.3) is 10.8 Å². The molecule has 1 heterocycles. The molecule has 0 saturated heterocycles. The molecule has 0 bridgehead atoms. The van der Waals surface area contributed by atoms with Crippen molar-refractivity contribution < 1.29 is 14.3 Å². The van der Waals surface area contributed by atoms with Gasteiger partial charge in [0.2, 0.25) is 6.17 Å². The fraction of sp³-hybridized carbons (Fsp3) is 0.0909. The summed E-state index contributed by atoms with van der Waals surface area (Å²) < 4.78 is 13.4. The van der Waals surface area contributed by atoms with Gasteiger partial charge >= 0.3 is 5.97 Å². The van der Waals surface area contributed by atoms with Crippen molar-refractivity contribution in [1.29, 1.82) is 0 Å². The maximum atomic E-state index is 13.4. The number of halogens is 1. The van der Waals surface area contributed by atoms with E-state index < -0.39 is 12.1 Å². The Hall–Kier alpha value is -1.97. The molecule has 0 aliphatic rings. The molecule has 4 heteroatoms. The van der Waals surface area contributed by atoms with E-state index in [1.165, 1.54) is 12.3 Å². The van der Waals surface area contributed by atoms with Crippen molar-refractivity contribution in [1.82, 2.24) is 4.98 Å². The molecule has 1 N–H and O–H groups in total. The van der Waals surface area contributed by atoms with Crippen LogP contribution in [0, 0.1) is 0 Å². The Labute approximate surface area is 85.2 Å². The summed E-state index contributed by atoms with van der Waals surface area (Å²) in [7, 11) is 0. The van der Waals surface area contributed by atoms with Gasteiger partial charge in [0.05, 0.1) is 0 Å². The number of benzene rings is 1. The van der Waals surface area contributed by atoms with E-state index in [0.29, 0.717) is 5.39 Å². The van der Waals surface area contributed by atoms with Gasteiger partial charge in [-0.05, 0) is 11.5 Å². The molecule has 76 valence electrons. The summed E-state index contributed by atoms with van der Waals surface area (Å²) in [4.78, 5) is 14.4. The topological polar surface area (TPSA) is 50.2 Å². The van der Waals surface area contributed by atoms with Gasteiger partial charge < -0.3 is 5.11 Å². The van der Waals surface area contributed by atoms with E-state index in [9.17, 15) is 9.18 Å². The highest BCUT2D eigenvalue weighted by Gasteiger charge is 2.20. The molecular formula is C11H8FNO2. The van der Waals surface area contributed by atoms with E-state index in [1.807, 2.05) is 0 Å². The third-order valence-corrected chi connectivity index (χ3v) is 2.20. The number of aromatic nitrogens is 1. The highest BCUT2D eigenvalue weighted by molar-refractivity contribution is 5.89. The number of aliphatic carboxylic acids is 1. The third-order valence-electron chi connectivity index (χ3n) is 2.20. The number of carboxylic acids is 1. The minimum atomic E-state index is -1.99. The molecule has 2 aromatic rings. The lowest BCUT2D eigenvalue weighted by Gasteiger charge is -2.06. The first-order chi connectivity index (χ1) is 7.20. The lowest BCUT2D eigenvalue weighted by molar-refractivity contribution is -0.142. The van der Waals surface area contributed by atoms with Crippen LogP contribution >= 0.6 is 0 Å². The van der Waals surface area contributed by atoms with Gasteiger partial charge in [0.15, 0.2) is 0 Å². The largest absolute Gasteiger partial charge is 0.479 e.